The predicted octanol–water partition coefficient (Wildman–Crippen LogP) is 1.03. The van der Waals surface area contributed by atoms with E-state index >= 15 is 0 Å². The van der Waals surface area contributed by atoms with E-state index in [1.165, 1.54) is 0 Å². The van der Waals surface area contributed by atoms with Gasteiger partial charge in [0.1, 0.15) is 0 Å². The highest BCUT2D eigenvalue weighted by molar-refractivity contribution is 7.57. The van der Waals surface area contributed by atoms with E-state index in [1.54, 1.807) is 0 Å². The van der Waals surface area contributed by atoms with Crippen LogP contribution in [0.2, 0.25) is 0 Å². The Morgan fingerprint density at radius 1 is 0.833 bits per heavy atom. The Hall–Kier alpha value is 0.0600. The van der Waals surface area contributed by atoms with Crippen LogP contribution in [0.15, 0.2) is 0 Å². The Morgan fingerprint density at radius 3 is 1.72 bits per heavy atom. The van der Waals surface area contributed by atoms with Gasteiger partial charge in [-0.3, -0.25) is 0 Å². The lowest BCUT2D eigenvalue weighted by Crippen LogP contribution is -2.11. The molecule has 0 heterocycles. The third kappa shape index (κ3) is 16.1. The van der Waals surface area contributed by atoms with Crippen molar-refractivity contribution in [2.24, 2.45) is 0 Å². The van der Waals surface area contributed by atoms with Gasteiger partial charge in [0.25, 0.3) is 0 Å². The van der Waals surface area contributed by atoms with Gasteiger partial charge in [-0.25, -0.2) is 0 Å². The van der Waals surface area contributed by atoms with Crippen LogP contribution in [0.25, 0.3) is 0 Å². The minimum Gasteiger partial charge on any atom is -0.379 e. The van der Waals surface area contributed by atoms with E-state index in [1.807, 2.05) is 0 Å². The third-order valence-electron chi connectivity index (χ3n) is 1.91. The summed E-state index contributed by atoms with van der Waals surface area (Å²) in [5.74, 6) is 0. The molecule has 110 valence electrons. The van der Waals surface area contributed by atoms with Crippen molar-refractivity contribution in [3.05, 3.63) is 0 Å². The summed E-state index contributed by atoms with van der Waals surface area (Å²) in [5.41, 5.74) is 0. The summed E-state index contributed by atoms with van der Waals surface area (Å²) in [6.07, 6.45) is 5.28. The lowest BCUT2D eigenvalue weighted by Gasteiger charge is -2.10. The molecule has 0 atom stereocenters. The van der Waals surface area contributed by atoms with Gasteiger partial charge >= 0.3 is 0 Å². The fourth-order valence-corrected chi connectivity index (χ4v) is 1.40. The molecule has 0 bridgehead atoms. The van der Waals surface area contributed by atoms with Gasteiger partial charge in [0, 0.05) is 6.61 Å². The van der Waals surface area contributed by atoms with Gasteiger partial charge in [-0.05, 0) is 12.7 Å². The summed E-state index contributed by atoms with van der Waals surface area (Å²) < 4.78 is 20.4. The van der Waals surface area contributed by atoms with Crippen LogP contribution in [-0.2, 0) is 18.7 Å². The van der Waals surface area contributed by atoms with Crippen molar-refractivity contribution in [1.82, 2.24) is 0 Å². The Kier molecular flexibility index (Phi) is 12.2. The van der Waals surface area contributed by atoms with Crippen LogP contribution >= 0.6 is 7.57 Å². The van der Waals surface area contributed by atoms with Crippen LogP contribution < -0.4 is 0 Å². The molecule has 0 aliphatic heterocycles. The molecule has 0 amide bonds. The maximum atomic E-state index is 8.82. The number of unbranched alkanes of at least 4 members (excludes halogenated alkanes) is 1. The maximum Gasteiger partial charge on any atom is 0.245 e. The molecule has 18 heavy (non-hydrogen) atoms. The zero-order valence-electron chi connectivity index (χ0n) is 11.0. The normalized spacial score (nSPS) is 11.9. The van der Waals surface area contributed by atoms with E-state index in [9.17, 15) is 0 Å². The molecule has 2 N–H and O–H groups in total. The Bertz CT molecular complexity index is 218. The first-order valence-corrected chi connectivity index (χ1v) is 7.92. The second-order valence-corrected chi connectivity index (χ2v) is 5.28. The van der Waals surface area contributed by atoms with Gasteiger partial charge in [-0.1, -0.05) is 13.3 Å². The molecule has 0 radical (unpaired) electrons. The lowest BCUT2D eigenvalue weighted by molar-refractivity contribution is 0.00820. The fraction of sp³-hybridized carbons (Fsp3) is 0.909. The van der Waals surface area contributed by atoms with Gasteiger partial charge in [0.05, 0.1) is 39.6 Å². The van der Waals surface area contributed by atoms with Crippen molar-refractivity contribution in [3.8, 4) is 0 Å². The Labute approximate surface area is 109 Å². The first kappa shape index (κ1) is 18.1. The molecule has 0 saturated carbocycles. The molecule has 0 rings (SSSR count). The van der Waals surface area contributed by atoms with Crippen LogP contribution in [0.4, 0.5) is 0 Å². The molecule has 0 aliphatic carbocycles. The molecule has 0 aromatic rings. The second kappa shape index (κ2) is 12.1. The summed E-state index contributed by atoms with van der Waals surface area (Å²) in [4.78, 5) is 17.6. The lowest BCUT2D eigenvalue weighted by atomic mass is 10.4. The summed E-state index contributed by atoms with van der Waals surface area (Å²) in [7, 11) is -3.37. The Balaban J connectivity index is 3.01. The molecule has 0 fully saturated rings. The van der Waals surface area contributed by atoms with E-state index in [-0.39, 0.29) is 13.2 Å². The molecule has 7 heteroatoms. The quantitative estimate of drug-likeness (QED) is 0.388. The van der Waals surface area contributed by atoms with Crippen molar-refractivity contribution in [2.45, 2.75) is 19.8 Å². The minimum atomic E-state index is -3.37. The summed E-state index contributed by atoms with van der Waals surface area (Å²) in [6, 6.07) is 0. The zero-order valence-corrected chi connectivity index (χ0v) is 11.9. The van der Waals surface area contributed by atoms with Gasteiger partial charge in [-0.2, -0.15) is 0 Å². The number of hydrogen-bond acceptors (Lipinski definition) is 6. The van der Waals surface area contributed by atoms with Gasteiger partial charge in [0.15, 0.2) is 0 Å². The van der Waals surface area contributed by atoms with Gasteiger partial charge in [-0.15, -0.1) is 0 Å². The second-order valence-electron chi connectivity index (χ2n) is 3.69. The average molecular weight is 284 g/mol. The van der Waals surface area contributed by atoms with Gasteiger partial charge in [0.2, 0.25) is 7.57 Å². The number of ether oxygens (including phenoxy) is 3. The smallest absolute Gasteiger partial charge is 0.245 e. The van der Waals surface area contributed by atoms with E-state index < -0.39 is 7.57 Å². The standard InChI is InChI=1S/C11H25O6P/c1-3-4-5-14-6-7-15-8-9-16-10-11-17-18(2,12)13/h12-13H,2-11H2,1H3. The highest BCUT2D eigenvalue weighted by atomic mass is 31.2. The van der Waals surface area contributed by atoms with E-state index in [0.29, 0.717) is 26.4 Å². The van der Waals surface area contributed by atoms with E-state index in [4.69, 9.17) is 24.0 Å². The van der Waals surface area contributed by atoms with Crippen LogP contribution in [0.5, 0.6) is 0 Å². The van der Waals surface area contributed by atoms with Crippen LogP contribution in [0, 0.1) is 0 Å². The summed E-state index contributed by atoms with van der Waals surface area (Å²) in [6.45, 7) is 5.40. The number of rotatable bonds is 13. The topological polar surface area (TPSA) is 77.4 Å². The monoisotopic (exact) mass is 284 g/mol. The molecule has 0 aromatic carbocycles. The molecule has 0 spiro atoms. The average Bonchev–Trinajstić information content (AvgIpc) is 2.29. The fourth-order valence-electron chi connectivity index (χ4n) is 1.03. The summed E-state index contributed by atoms with van der Waals surface area (Å²) >= 11 is 0. The van der Waals surface area contributed by atoms with Crippen LogP contribution in [0.3, 0.4) is 0 Å². The van der Waals surface area contributed by atoms with Crippen molar-refractivity contribution >= 4 is 13.9 Å². The largest absolute Gasteiger partial charge is 0.379 e. The Morgan fingerprint density at radius 2 is 1.28 bits per heavy atom. The highest BCUT2D eigenvalue weighted by Gasteiger charge is 2.02. The minimum absolute atomic E-state index is 0.115. The van der Waals surface area contributed by atoms with E-state index in [2.05, 4.69) is 17.7 Å². The third-order valence-corrected chi connectivity index (χ3v) is 2.51. The zero-order chi connectivity index (χ0) is 13.7. The van der Waals surface area contributed by atoms with Crippen molar-refractivity contribution in [1.29, 1.82) is 0 Å². The first-order chi connectivity index (χ1) is 8.56. The molecule has 0 aromatic heterocycles. The number of hydrogen-bond donors (Lipinski definition) is 2. The van der Waals surface area contributed by atoms with Crippen LogP contribution in [0.1, 0.15) is 19.8 Å². The SMILES string of the molecule is C=P(O)(O)OCCOCCOCCOCCCC. The molecular weight excluding hydrogens is 259 g/mol. The van der Waals surface area contributed by atoms with Gasteiger partial charge < -0.3 is 28.5 Å². The molecule has 0 saturated heterocycles. The van der Waals surface area contributed by atoms with Crippen LogP contribution in [-0.4, -0.2) is 62.3 Å². The molecular formula is C11H25O6P. The van der Waals surface area contributed by atoms with Crippen molar-refractivity contribution in [3.63, 3.8) is 0 Å². The maximum absolute atomic E-state index is 8.82. The van der Waals surface area contributed by atoms with Crippen molar-refractivity contribution < 1.29 is 28.5 Å². The molecule has 0 unspecified atom stereocenters. The van der Waals surface area contributed by atoms with E-state index in [0.717, 1.165) is 19.4 Å². The first-order valence-electron chi connectivity index (χ1n) is 6.13. The predicted molar refractivity (Wildman–Crippen MR) is 71.8 cm³/mol. The highest BCUT2D eigenvalue weighted by Crippen LogP contribution is 2.34. The molecule has 6 nitrogen and oxygen atoms in total. The summed E-state index contributed by atoms with van der Waals surface area (Å²) in [5, 5.41) is 0. The van der Waals surface area contributed by atoms with Crippen molar-refractivity contribution in [2.75, 3.05) is 46.2 Å². The molecule has 0 aliphatic rings.